The van der Waals surface area contributed by atoms with Crippen molar-refractivity contribution in [3.05, 3.63) is 35.4 Å². The summed E-state index contributed by atoms with van der Waals surface area (Å²) in [6, 6.07) is 7.51. The molecule has 1 saturated heterocycles. The maximum absolute atomic E-state index is 11.1. The van der Waals surface area contributed by atoms with E-state index in [-0.39, 0.29) is 5.91 Å². The van der Waals surface area contributed by atoms with Crippen molar-refractivity contribution in [2.75, 3.05) is 26.8 Å². The van der Waals surface area contributed by atoms with Gasteiger partial charge in [0.2, 0.25) is 5.91 Å². The van der Waals surface area contributed by atoms with Gasteiger partial charge in [-0.25, -0.2) is 0 Å². The summed E-state index contributed by atoms with van der Waals surface area (Å²) in [6.07, 6.45) is 0. The highest BCUT2D eigenvalue weighted by atomic mass is 16.5. The van der Waals surface area contributed by atoms with E-state index in [4.69, 9.17) is 10.5 Å². The van der Waals surface area contributed by atoms with Gasteiger partial charge in [-0.2, -0.15) is 0 Å². The highest BCUT2D eigenvalue weighted by Crippen LogP contribution is 2.19. The third-order valence-corrected chi connectivity index (χ3v) is 3.05. The molecule has 1 aromatic carbocycles. The molecule has 1 heterocycles. The Morgan fingerprint density at radius 2 is 2.29 bits per heavy atom. The van der Waals surface area contributed by atoms with Crippen molar-refractivity contribution in [3.63, 3.8) is 0 Å². The minimum absolute atomic E-state index is 0.368. The zero-order valence-corrected chi connectivity index (χ0v) is 10.1. The van der Waals surface area contributed by atoms with Crippen LogP contribution in [0.25, 0.3) is 0 Å². The van der Waals surface area contributed by atoms with Crippen LogP contribution < -0.4 is 5.73 Å². The van der Waals surface area contributed by atoms with Crippen LogP contribution in [-0.4, -0.2) is 37.6 Å². The Labute approximate surface area is 101 Å². The van der Waals surface area contributed by atoms with Gasteiger partial charge >= 0.3 is 0 Å². The van der Waals surface area contributed by atoms with E-state index in [9.17, 15) is 4.79 Å². The largest absolute Gasteiger partial charge is 0.384 e. The van der Waals surface area contributed by atoms with E-state index in [0.29, 0.717) is 11.5 Å². The van der Waals surface area contributed by atoms with Crippen LogP contribution in [0.4, 0.5) is 0 Å². The highest BCUT2D eigenvalue weighted by Gasteiger charge is 2.26. The van der Waals surface area contributed by atoms with Crippen molar-refractivity contribution in [1.29, 1.82) is 0 Å². The first-order valence-corrected chi connectivity index (χ1v) is 5.79. The first kappa shape index (κ1) is 12.1. The van der Waals surface area contributed by atoms with Gasteiger partial charge in [-0.15, -0.1) is 0 Å². The highest BCUT2D eigenvalue weighted by molar-refractivity contribution is 5.92. The third kappa shape index (κ3) is 3.05. The van der Waals surface area contributed by atoms with E-state index < -0.39 is 0 Å². The first-order chi connectivity index (χ1) is 8.19. The van der Waals surface area contributed by atoms with Crippen LogP contribution in [-0.2, 0) is 11.3 Å². The molecule has 4 heteroatoms. The SMILES string of the molecule is COCC1CN(Cc2cccc(C(N)=O)c2)C1. The molecule has 0 spiro atoms. The predicted octanol–water partition coefficient (Wildman–Crippen LogP) is 0.864. The van der Waals surface area contributed by atoms with Crippen molar-refractivity contribution in [1.82, 2.24) is 4.90 Å². The second-order valence-corrected chi connectivity index (χ2v) is 4.58. The minimum atomic E-state index is -0.368. The molecular formula is C13H18N2O2. The molecule has 92 valence electrons. The molecule has 0 aliphatic carbocycles. The van der Waals surface area contributed by atoms with E-state index in [2.05, 4.69) is 4.90 Å². The van der Waals surface area contributed by atoms with Crippen LogP contribution in [0.3, 0.4) is 0 Å². The quantitative estimate of drug-likeness (QED) is 0.822. The van der Waals surface area contributed by atoms with Gasteiger partial charge in [0.05, 0.1) is 6.61 Å². The zero-order chi connectivity index (χ0) is 12.3. The van der Waals surface area contributed by atoms with Crippen LogP contribution in [0.5, 0.6) is 0 Å². The number of hydrogen-bond acceptors (Lipinski definition) is 3. The number of ether oxygens (including phenoxy) is 1. The number of likely N-dealkylation sites (tertiary alicyclic amines) is 1. The molecular weight excluding hydrogens is 216 g/mol. The summed E-state index contributed by atoms with van der Waals surface area (Å²) in [7, 11) is 1.74. The van der Waals surface area contributed by atoms with Crippen molar-refractivity contribution < 1.29 is 9.53 Å². The normalized spacial score (nSPS) is 16.8. The number of methoxy groups -OCH3 is 1. The first-order valence-electron chi connectivity index (χ1n) is 5.79. The predicted molar refractivity (Wildman–Crippen MR) is 65.6 cm³/mol. The lowest BCUT2D eigenvalue weighted by molar-refractivity contribution is 0.0293. The van der Waals surface area contributed by atoms with E-state index in [1.54, 1.807) is 13.2 Å². The van der Waals surface area contributed by atoms with Gasteiger partial charge in [-0.05, 0) is 17.7 Å². The lowest BCUT2D eigenvalue weighted by Gasteiger charge is -2.38. The lowest BCUT2D eigenvalue weighted by Crippen LogP contribution is -2.47. The maximum atomic E-state index is 11.1. The van der Waals surface area contributed by atoms with Crippen LogP contribution >= 0.6 is 0 Å². The molecule has 0 radical (unpaired) electrons. The van der Waals surface area contributed by atoms with E-state index in [1.165, 1.54) is 0 Å². The van der Waals surface area contributed by atoms with Gasteiger partial charge < -0.3 is 10.5 Å². The number of amides is 1. The van der Waals surface area contributed by atoms with Gasteiger partial charge in [0.1, 0.15) is 0 Å². The lowest BCUT2D eigenvalue weighted by atomic mass is 10.00. The van der Waals surface area contributed by atoms with Crippen LogP contribution in [0.1, 0.15) is 15.9 Å². The summed E-state index contributed by atoms with van der Waals surface area (Å²) >= 11 is 0. The second kappa shape index (κ2) is 5.29. The molecule has 2 rings (SSSR count). The summed E-state index contributed by atoms with van der Waals surface area (Å²) in [4.78, 5) is 13.4. The van der Waals surface area contributed by atoms with Crippen molar-refractivity contribution >= 4 is 5.91 Å². The standard InChI is InChI=1S/C13H18N2O2/c1-17-9-11-7-15(8-11)6-10-3-2-4-12(5-10)13(14)16/h2-5,11H,6-9H2,1H3,(H2,14,16). The summed E-state index contributed by atoms with van der Waals surface area (Å²) in [5.41, 5.74) is 6.97. The summed E-state index contributed by atoms with van der Waals surface area (Å²) in [5, 5.41) is 0. The molecule has 0 atom stereocenters. The van der Waals surface area contributed by atoms with Crippen molar-refractivity contribution in [2.24, 2.45) is 11.7 Å². The number of benzene rings is 1. The van der Waals surface area contributed by atoms with E-state index >= 15 is 0 Å². The fourth-order valence-electron chi connectivity index (χ4n) is 2.23. The fraction of sp³-hybridized carbons (Fsp3) is 0.462. The number of rotatable bonds is 5. The molecule has 0 saturated carbocycles. The van der Waals surface area contributed by atoms with Crippen LogP contribution in [0.15, 0.2) is 24.3 Å². The van der Waals surface area contributed by atoms with Gasteiger partial charge in [0, 0.05) is 38.2 Å². The Balaban J connectivity index is 1.88. The third-order valence-electron chi connectivity index (χ3n) is 3.05. The zero-order valence-electron chi connectivity index (χ0n) is 10.1. The molecule has 1 aliphatic rings. The number of carbonyl (C=O) groups excluding carboxylic acids is 1. The average molecular weight is 234 g/mol. The summed E-state index contributed by atoms with van der Waals surface area (Å²) < 4.78 is 5.11. The fourth-order valence-corrected chi connectivity index (χ4v) is 2.23. The van der Waals surface area contributed by atoms with E-state index in [0.717, 1.165) is 31.8 Å². The van der Waals surface area contributed by atoms with Crippen LogP contribution in [0.2, 0.25) is 0 Å². The van der Waals surface area contributed by atoms with Crippen molar-refractivity contribution in [3.8, 4) is 0 Å². The summed E-state index contributed by atoms with van der Waals surface area (Å²) in [5.74, 6) is 0.284. The van der Waals surface area contributed by atoms with Gasteiger partial charge in [0.25, 0.3) is 0 Å². The molecule has 4 nitrogen and oxygen atoms in total. The smallest absolute Gasteiger partial charge is 0.248 e. The Morgan fingerprint density at radius 3 is 2.94 bits per heavy atom. The molecule has 1 aromatic rings. The van der Waals surface area contributed by atoms with Gasteiger partial charge in [0.15, 0.2) is 0 Å². The van der Waals surface area contributed by atoms with Crippen molar-refractivity contribution in [2.45, 2.75) is 6.54 Å². The molecule has 1 aliphatic heterocycles. The molecule has 17 heavy (non-hydrogen) atoms. The summed E-state index contributed by atoms with van der Waals surface area (Å²) in [6.45, 7) is 3.84. The van der Waals surface area contributed by atoms with Gasteiger partial charge in [-0.3, -0.25) is 9.69 Å². The number of primary amides is 1. The molecule has 1 amide bonds. The number of hydrogen-bond donors (Lipinski definition) is 1. The number of carbonyl (C=O) groups is 1. The Hall–Kier alpha value is -1.39. The minimum Gasteiger partial charge on any atom is -0.384 e. The Kier molecular flexibility index (Phi) is 3.76. The molecule has 2 N–H and O–H groups in total. The molecule has 0 aromatic heterocycles. The van der Waals surface area contributed by atoms with Crippen LogP contribution in [0, 0.1) is 5.92 Å². The monoisotopic (exact) mass is 234 g/mol. The molecule has 1 fully saturated rings. The average Bonchev–Trinajstić information content (AvgIpc) is 2.27. The molecule has 0 unspecified atom stereocenters. The Bertz CT molecular complexity index is 400. The topological polar surface area (TPSA) is 55.6 Å². The second-order valence-electron chi connectivity index (χ2n) is 4.58. The van der Waals surface area contributed by atoms with Gasteiger partial charge in [-0.1, -0.05) is 12.1 Å². The van der Waals surface area contributed by atoms with E-state index in [1.807, 2.05) is 18.2 Å². The number of nitrogens with two attached hydrogens (primary N) is 1. The number of nitrogens with zero attached hydrogens (tertiary/aromatic N) is 1. The molecule has 0 bridgehead atoms. The Morgan fingerprint density at radius 1 is 1.53 bits per heavy atom. The maximum Gasteiger partial charge on any atom is 0.248 e.